The van der Waals surface area contributed by atoms with Crippen LogP contribution in [0.4, 0.5) is 25.4 Å². The van der Waals surface area contributed by atoms with Crippen molar-refractivity contribution in [1.82, 2.24) is 4.98 Å². The van der Waals surface area contributed by atoms with E-state index in [2.05, 4.69) is 14.5 Å². The van der Waals surface area contributed by atoms with Gasteiger partial charge in [-0.2, -0.15) is 0 Å². The number of amides is 1. The van der Waals surface area contributed by atoms with Crippen LogP contribution in [0.3, 0.4) is 0 Å². The Kier molecular flexibility index (Phi) is 4.97. The van der Waals surface area contributed by atoms with Crippen LogP contribution in [0.5, 0.6) is 11.5 Å². The SMILES string of the molecule is C[C@H](C(N)=O)N(c1ccc2c(c1)OC(F)(F)O2)c1nc(N)c(C(=O)c2ccccc2)s1. The first-order chi connectivity index (χ1) is 14.7. The van der Waals surface area contributed by atoms with E-state index in [1.807, 2.05) is 0 Å². The van der Waals surface area contributed by atoms with Crippen LogP contribution in [0.15, 0.2) is 48.5 Å². The third-order valence-electron chi connectivity index (χ3n) is 4.55. The van der Waals surface area contributed by atoms with Crippen LogP contribution in [-0.4, -0.2) is 29.0 Å². The summed E-state index contributed by atoms with van der Waals surface area (Å²) in [5, 5.41) is 0.189. The first-order valence-electron chi connectivity index (χ1n) is 9.01. The minimum atomic E-state index is -3.79. The van der Waals surface area contributed by atoms with Crippen LogP contribution in [0.1, 0.15) is 22.2 Å². The molecule has 3 aromatic rings. The molecule has 0 saturated heterocycles. The summed E-state index contributed by atoms with van der Waals surface area (Å²) in [6, 6.07) is 11.5. The van der Waals surface area contributed by atoms with Gasteiger partial charge in [0.05, 0.1) is 0 Å². The van der Waals surface area contributed by atoms with Crippen LogP contribution in [-0.2, 0) is 4.79 Å². The Bertz CT molecular complexity index is 1170. The zero-order valence-electron chi connectivity index (χ0n) is 16.0. The number of halogens is 2. The summed E-state index contributed by atoms with van der Waals surface area (Å²) in [4.78, 5) is 30.6. The number of hydrogen-bond donors (Lipinski definition) is 2. The predicted octanol–water partition coefficient (Wildman–Crippen LogP) is 3.29. The highest BCUT2D eigenvalue weighted by Crippen LogP contribution is 2.45. The van der Waals surface area contributed by atoms with Crippen molar-refractivity contribution in [3.05, 3.63) is 59.0 Å². The molecular formula is C20H16F2N4O4S. The maximum absolute atomic E-state index is 13.4. The Morgan fingerprint density at radius 1 is 1.13 bits per heavy atom. The van der Waals surface area contributed by atoms with Crippen molar-refractivity contribution in [2.75, 3.05) is 10.6 Å². The monoisotopic (exact) mass is 446 g/mol. The van der Waals surface area contributed by atoms with E-state index in [-0.39, 0.29) is 38.8 Å². The van der Waals surface area contributed by atoms with E-state index in [0.29, 0.717) is 5.56 Å². The van der Waals surface area contributed by atoms with Gasteiger partial charge in [0.2, 0.25) is 11.7 Å². The number of alkyl halides is 2. The van der Waals surface area contributed by atoms with E-state index in [9.17, 15) is 18.4 Å². The number of ether oxygens (including phenoxy) is 2. The zero-order chi connectivity index (χ0) is 22.3. The molecule has 0 unspecified atom stereocenters. The first kappa shape index (κ1) is 20.5. The molecule has 31 heavy (non-hydrogen) atoms. The van der Waals surface area contributed by atoms with Gasteiger partial charge in [-0.25, -0.2) is 4.98 Å². The molecule has 0 radical (unpaired) electrons. The molecule has 8 nitrogen and oxygen atoms in total. The second-order valence-corrected chi connectivity index (χ2v) is 7.63. The summed E-state index contributed by atoms with van der Waals surface area (Å²) in [5.74, 6) is -1.43. The number of nitrogens with zero attached hydrogens (tertiary/aromatic N) is 2. The smallest absolute Gasteiger partial charge is 0.395 e. The number of anilines is 3. The molecule has 1 aliphatic heterocycles. The fraction of sp³-hybridized carbons (Fsp3) is 0.150. The van der Waals surface area contributed by atoms with E-state index >= 15 is 0 Å². The number of carbonyl (C=O) groups excluding carboxylic acids is 2. The summed E-state index contributed by atoms with van der Waals surface area (Å²) in [6.45, 7) is 1.51. The molecule has 4 N–H and O–H groups in total. The lowest BCUT2D eigenvalue weighted by atomic mass is 10.1. The Hall–Kier alpha value is -3.73. The van der Waals surface area contributed by atoms with Gasteiger partial charge < -0.3 is 25.8 Å². The van der Waals surface area contributed by atoms with E-state index in [1.165, 1.54) is 30.0 Å². The minimum absolute atomic E-state index is 0.0252. The molecule has 0 saturated carbocycles. The lowest BCUT2D eigenvalue weighted by Gasteiger charge is -2.26. The maximum Gasteiger partial charge on any atom is 0.586 e. The Morgan fingerprint density at radius 3 is 2.48 bits per heavy atom. The van der Waals surface area contributed by atoms with Gasteiger partial charge in [-0.3, -0.25) is 9.59 Å². The van der Waals surface area contributed by atoms with Crippen LogP contribution in [0, 0.1) is 0 Å². The van der Waals surface area contributed by atoms with E-state index in [1.54, 1.807) is 30.3 Å². The van der Waals surface area contributed by atoms with Gasteiger partial charge in [0, 0.05) is 17.3 Å². The Balaban J connectivity index is 1.75. The maximum atomic E-state index is 13.4. The van der Waals surface area contributed by atoms with Crippen molar-refractivity contribution in [1.29, 1.82) is 0 Å². The highest BCUT2D eigenvalue weighted by Gasteiger charge is 2.43. The first-order valence-corrected chi connectivity index (χ1v) is 9.82. The highest BCUT2D eigenvalue weighted by molar-refractivity contribution is 7.18. The largest absolute Gasteiger partial charge is 0.586 e. The number of benzene rings is 2. The average molecular weight is 446 g/mol. The molecule has 0 fully saturated rings. The van der Waals surface area contributed by atoms with Crippen molar-refractivity contribution < 1.29 is 27.8 Å². The summed E-state index contributed by atoms with van der Waals surface area (Å²) < 4.78 is 35.7. The molecule has 2 heterocycles. The number of fused-ring (bicyclic) bond motifs is 1. The zero-order valence-corrected chi connectivity index (χ0v) is 16.9. The molecular weight excluding hydrogens is 430 g/mol. The number of thiazole rings is 1. The molecule has 0 bridgehead atoms. The van der Waals surface area contributed by atoms with Crippen LogP contribution < -0.4 is 25.8 Å². The van der Waals surface area contributed by atoms with E-state index in [4.69, 9.17) is 11.5 Å². The molecule has 11 heteroatoms. The Labute approximate surface area is 179 Å². The molecule has 0 spiro atoms. The lowest BCUT2D eigenvalue weighted by molar-refractivity contribution is -0.286. The fourth-order valence-corrected chi connectivity index (χ4v) is 4.07. The van der Waals surface area contributed by atoms with Crippen LogP contribution >= 0.6 is 11.3 Å². The van der Waals surface area contributed by atoms with Gasteiger partial charge in [0.25, 0.3) is 0 Å². The standard InChI is InChI=1S/C20H16F2N4O4S/c1-10(18(24)28)26(12-7-8-13-14(9-12)30-20(21,22)29-13)19-25-17(23)16(31-19)15(27)11-5-3-2-4-6-11/h2-10H,23H2,1H3,(H2,24,28)/t10-/m1/s1. The predicted molar refractivity (Wildman–Crippen MR) is 110 cm³/mol. The van der Waals surface area contributed by atoms with E-state index < -0.39 is 18.2 Å². The van der Waals surface area contributed by atoms with Gasteiger partial charge in [0.1, 0.15) is 16.7 Å². The highest BCUT2D eigenvalue weighted by atomic mass is 32.1. The molecule has 160 valence electrons. The topological polar surface area (TPSA) is 121 Å². The third-order valence-corrected chi connectivity index (χ3v) is 5.62. The van der Waals surface area contributed by atoms with Crippen molar-refractivity contribution in [2.24, 2.45) is 5.73 Å². The number of hydrogen-bond acceptors (Lipinski definition) is 8. The molecule has 1 atom stereocenters. The number of carbonyl (C=O) groups is 2. The van der Waals surface area contributed by atoms with Crippen LogP contribution in [0.2, 0.25) is 0 Å². The quantitative estimate of drug-likeness (QED) is 0.558. The number of rotatable bonds is 6. The summed E-state index contributed by atoms with van der Waals surface area (Å²) >= 11 is 0.956. The number of nitrogen functional groups attached to an aromatic ring is 1. The fourth-order valence-electron chi connectivity index (χ4n) is 3.02. The molecule has 1 aliphatic rings. The second-order valence-electron chi connectivity index (χ2n) is 6.65. The van der Waals surface area contributed by atoms with E-state index in [0.717, 1.165) is 11.3 Å². The van der Waals surface area contributed by atoms with Gasteiger partial charge in [-0.05, 0) is 19.1 Å². The summed E-state index contributed by atoms with van der Waals surface area (Å²) in [7, 11) is 0. The minimum Gasteiger partial charge on any atom is -0.395 e. The number of nitrogens with two attached hydrogens (primary N) is 2. The normalized spacial score (nSPS) is 14.8. The molecule has 2 aromatic carbocycles. The second kappa shape index (κ2) is 7.51. The molecule has 1 amide bonds. The Morgan fingerprint density at radius 2 is 1.81 bits per heavy atom. The third kappa shape index (κ3) is 3.87. The lowest BCUT2D eigenvalue weighted by Crippen LogP contribution is -2.39. The number of primary amides is 1. The van der Waals surface area contributed by atoms with Crippen LogP contribution in [0.25, 0.3) is 0 Å². The number of ketones is 1. The summed E-state index contributed by atoms with van der Waals surface area (Å²) in [6.07, 6.45) is -3.79. The van der Waals surface area contributed by atoms with Gasteiger partial charge in [-0.1, -0.05) is 41.7 Å². The van der Waals surface area contributed by atoms with Crippen molar-refractivity contribution in [3.8, 4) is 11.5 Å². The molecule has 0 aliphatic carbocycles. The van der Waals surface area contributed by atoms with Gasteiger partial charge >= 0.3 is 6.29 Å². The van der Waals surface area contributed by atoms with Crippen molar-refractivity contribution >= 4 is 39.7 Å². The summed E-state index contributed by atoms with van der Waals surface area (Å²) in [5.41, 5.74) is 12.2. The van der Waals surface area contributed by atoms with Crippen molar-refractivity contribution in [3.63, 3.8) is 0 Å². The number of aromatic nitrogens is 1. The molecule has 4 rings (SSSR count). The van der Waals surface area contributed by atoms with Gasteiger partial charge in [-0.15, -0.1) is 8.78 Å². The van der Waals surface area contributed by atoms with Gasteiger partial charge in [0.15, 0.2) is 16.6 Å². The average Bonchev–Trinajstić information content (AvgIpc) is 3.25. The molecule has 1 aromatic heterocycles. The van der Waals surface area contributed by atoms with Crippen molar-refractivity contribution in [2.45, 2.75) is 19.3 Å².